The zero-order valence-electron chi connectivity index (χ0n) is 26.7. The maximum atomic E-state index is 13.6. The van der Waals surface area contributed by atoms with Gasteiger partial charge in [0.1, 0.15) is 12.3 Å². The van der Waals surface area contributed by atoms with Crippen molar-refractivity contribution in [1.82, 2.24) is 36.0 Å². The molecule has 0 radical (unpaired) electrons. The summed E-state index contributed by atoms with van der Waals surface area (Å²) in [5.41, 5.74) is 7.61. The van der Waals surface area contributed by atoms with Gasteiger partial charge in [0.25, 0.3) is 5.91 Å². The summed E-state index contributed by atoms with van der Waals surface area (Å²) in [4.78, 5) is 36.6. The molecule has 1 unspecified atom stereocenters. The van der Waals surface area contributed by atoms with Crippen molar-refractivity contribution in [3.63, 3.8) is 0 Å². The lowest BCUT2D eigenvalue weighted by atomic mass is 9.99. The van der Waals surface area contributed by atoms with Gasteiger partial charge in [-0.05, 0) is 43.0 Å². The number of nitrogens with one attached hydrogen (secondary N) is 3. The zero-order valence-corrected chi connectivity index (χ0v) is 27.5. The average Bonchev–Trinajstić information content (AvgIpc) is 3.66. The normalized spacial score (nSPS) is 22.0. The highest BCUT2D eigenvalue weighted by Gasteiger charge is 2.35. The first-order valence-electron chi connectivity index (χ1n) is 16.1. The van der Waals surface area contributed by atoms with Gasteiger partial charge in [0.05, 0.1) is 17.3 Å². The van der Waals surface area contributed by atoms with E-state index in [2.05, 4.69) is 26.1 Å². The highest BCUT2D eigenvalue weighted by atomic mass is 32.2. The second-order valence-corrected chi connectivity index (χ2v) is 14.0. The minimum atomic E-state index is -3.04. The molecular weight excluding hydrogens is 630 g/mol. The molecule has 5 heterocycles. The Kier molecular flexibility index (Phi) is 10.8. The van der Waals surface area contributed by atoms with Crippen LogP contribution in [0.2, 0.25) is 0 Å². The van der Waals surface area contributed by atoms with Crippen molar-refractivity contribution in [2.75, 3.05) is 59.0 Å². The molecule has 1 aromatic rings. The van der Waals surface area contributed by atoms with Crippen LogP contribution >= 0.6 is 11.8 Å². The summed E-state index contributed by atoms with van der Waals surface area (Å²) in [5.74, 6) is 0.639. The third-order valence-electron chi connectivity index (χ3n) is 8.64. The van der Waals surface area contributed by atoms with Crippen LogP contribution in [0.15, 0.2) is 63.7 Å². The Hall–Kier alpha value is -3.50. The number of ether oxygens (including phenoxy) is 2. The summed E-state index contributed by atoms with van der Waals surface area (Å²) in [6.45, 7) is 6.85. The molecule has 2 fully saturated rings. The monoisotopic (exact) mass is 672 g/mol. The summed E-state index contributed by atoms with van der Waals surface area (Å²) in [7, 11) is 0. The number of hydrogen-bond donors (Lipinski definition) is 3. The third kappa shape index (κ3) is 8.33. The number of fused-ring (bicyclic) bond motifs is 1. The molecule has 5 aliphatic heterocycles. The molecule has 2 amide bonds. The summed E-state index contributed by atoms with van der Waals surface area (Å²) in [6.07, 6.45) is 8.94. The molecule has 0 aromatic heterocycles. The lowest BCUT2D eigenvalue weighted by Crippen LogP contribution is -2.52. The number of alkyl halides is 2. The molecule has 2 saturated heterocycles. The first-order valence-corrected chi connectivity index (χ1v) is 17.0. The molecule has 0 spiro atoms. The Morgan fingerprint density at radius 2 is 1.96 bits per heavy atom. The predicted molar refractivity (Wildman–Crippen MR) is 174 cm³/mol. The third-order valence-corrected chi connectivity index (χ3v) is 9.64. The lowest BCUT2D eigenvalue weighted by molar-refractivity contribution is -0.134. The van der Waals surface area contributed by atoms with Crippen LogP contribution in [-0.2, 0) is 14.3 Å². The number of benzene rings is 1. The first-order chi connectivity index (χ1) is 22.7. The van der Waals surface area contributed by atoms with E-state index < -0.39 is 18.6 Å². The van der Waals surface area contributed by atoms with Crippen molar-refractivity contribution in [2.45, 2.75) is 49.5 Å². The van der Waals surface area contributed by atoms with E-state index in [9.17, 15) is 18.4 Å². The Bertz CT molecular complexity index is 1440. The number of hydrazine groups is 2. The summed E-state index contributed by atoms with van der Waals surface area (Å²) in [6, 6.07) is 4.29. The number of rotatable bonds is 11. The van der Waals surface area contributed by atoms with Crippen molar-refractivity contribution in [2.24, 2.45) is 10.9 Å². The molecule has 6 rings (SSSR count). The van der Waals surface area contributed by atoms with Gasteiger partial charge in [-0.1, -0.05) is 13.8 Å². The van der Waals surface area contributed by atoms with Gasteiger partial charge in [-0.25, -0.2) is 15.8 Å². The molecule has 5 aliphatic rings. The fraction of sp³-hybridized carbons (Fsp3) is 0.531. The average molecular weight is 673 g/mol. The van der Waals surface area contributed by atoms with Crippen LogP contribution < -0.4 is 20.9 Å². The molecule has 15 heteroatoms. The van der Waals surface area contributed by atoms with E-state index in [1.807, 2.05) is 18.7 Å². The van der Waals surface area contributed by atoms with Crippen molar-refractivity contribution in [1.29, 1.82) is 0 Å². The minimum absolute atomic E-state index is 0.000323. The highest BCUT2D eigenvalue weighted by molar-refractivity contribution is 7.99. The van der Waals surface area contributed by atoms with Gasteiger partial charge in [-0.3, -0.25) is 19.5 Å². The van der Waals surface area contributed by atoms with E-state index in [1.54, 1.807) is 58.6 Å². The van der Waals surface area contributed by atoms with Crippen LogP contribution in [-0.4, -0.2) is 109 Å². The zero-order chi connectivity index (χ0) is 32.9. The molecular formula is C32H42F2N8O4S. The number of thioether (sulfide) groups is 1. The van der Waals surface area contributed by atoms with E-state index in [4.69, 9.17) is 9.47 Å². The van der Waals surface area contributed by atoms with E-state index in [0.717, 1.165) is 50.6 Å². The summed E-state index contributed by atoms with van der Waals surface area (Å²) in [5, 5.41) is 6.51. The van der Waals surface area contributed by atoms with Crippen molar-refractivity contribution >= 4 is 29.8 Å². The van der Waals surface area contributed by atoms with Crippen molar-refractivity contribution in [3.8, 4) is 5.75 Å². The second-order valence-electron chi connectivity index (χ2n) is 12.3. The summed E-state index contributed by atoms with van der Waals surface area (Å²) < 4.78 is 37.5. The maximum Gasteiger partial charge on any atom is 0.387 e. The molecule has 47 heavy (non-hydrogen) atoms. The number of aliphatic imine (C=N–C) groups is 1. The number of carbonyl (C=O) groups is 2. The molecule has 0 saturated carbocycles. The number of carbonyl (C=O) groups excluding carboxylic acids is 2. The number of amides is 2. The molecule has 0 aliphatic carbocycles. The number of piperazine rings is 1. The molecule has 0 bridgehead atoms. The number of nitrogens with zero attached hydrogens (tertiary/aromatic N) is 5. The summed E-state index contributed by atoms with van der Waals surface area (Å²) >= 11 is 1.58. The van der Waals surface area contributed by atoms with Gasteiger partial charge in [0, 0.05) is 86.8 Å². The van der Waals surface area contributed by atoms with Crippen molar-refractivity contribution < 1.29 is 27.8 Å². The number of hydrogen-bond acceptors (Lipinski definition) is 11. The largest absolute Gasteiger partial charge is 0.434 e. The van der Waals surface area contributed by atoms with Gasteiger partial charge < -0.3 is 24.7 Å². The molecule has 254 valence electrons. The van der Waals surface area contributed by atoms with Crippen LogP contribution in [0.1, 0.15) is 38.3 Å². The van der Waals surface area contributed by atoms with E-state index in [0.29, 0.717) is 41.7 Å². The fourth-order valence-electron chi connectivity index (χ4n) is 6.32. The Balaban J connectivity index is 1.19. The minimum Gasteiger partial charge on any atom is -0.434 e. The highest BCUT2D eigenvalue weighted by Crippen LogP contribution is 2.37. The van der Waals surface area contributed by atoms with Crippen LogP contribution in [0.3, 0.4) is 0 Å². The van der Waals surface area contributed by atoms with Crippen LogP contribution in [0.25, 0.3) is 0 Å². The van der Waals surface area contributed by atoms with Crippen LogP contribution in [0.5, 0.6) is 5.75 Å². The SMILES string of the molecule is CC(C)Sc1ccc(OC(F)F)c(C2NN(CC(=O)N3CCN(CC4CCOCC4)CC3)C=C2NC(=O)C2=C3N=CC=CN3NC2)c1. The quantitative estimate of drug-likeness (QED) is 0.304. The molecule has 1 aromatic carbocycles. The Morgan fingerprint density at radius 1 is 1.17 bits per heavy atom. The standard InChI is InChI=1S/C32H42F2N8O4S/c1-21(2)47-23-4-5-27(46-32(33)34)24(16-23)29-26(37-31(44)25-17-36-42-9-3-8-35-30(25)42)19-41(38-29)20-28(43)40-12-10-39(11-13-40)18-22-6-14-45-15-7-22/h3-5,8-9,16,19,21-22,29,32,36,38H,6-7,10-15,17-18,20H2,1-2H3,(H,37,44). The van der Waals surface area contributed by atoms with E-state index >= 15 is 0 Å². The van der Waals surface area contributed by atoms with Gasteiger partial charge in [-0.2, -0.15) is 8.78 Å². The van der Waals surface area contributed by atoms with E-state index in [-0.39, 0.29) is 30.0 Å². The molecule has 1 atom stereocenters. The lowest BCUT2D eigenvalue weighted by Gasteiger charge is -2.37. The maximum absolute atomic E-state index is 13.6. The van der Waals surface area contributed by atoms with Gasteiger partial charge in [0.15, 0.2) is 5.82 Å². The Morgan fingerprint density at radius 3 is 2.70 bits per heavy atom. The van der Waals surface area contributed by atoms with Gasteiger partial charge in [-0.15, -0.1) is 11.8 Å². The fourth-order valence-corrected chi connectivity index (χ4v) is 7.21. The number of allylic oxidation sites excluding steroid dienone is 1. The Labute approximate surface area is 277 Å². The van der Waals surface area contributed by atoms with Gasteiger partial charge >= 0.3 is 6.61 Å². The van der Waals surface area contributed by atoms with Crippen LogP contribution in [0.4, 0.5) is 8.78 Å². The second kappa shape index (κ2) is 15.2. The van der Waals surface area contributed by atoms with E-state index in [1.165, 1.54) is 6.07 Å². The number of halogens is 2. The predicted octanol–water partition coefficient (Wildman–Crippen LogP) is 2.81. The molecule has 3 N–H and O–H groups in total. The van der Waals surface area contributed by atoms with Crippen LogP contribution in [0, 0.1) is 5.92 Å². The van der Waals surface area contributed by atoms with Gasteiger partial charge in [0.2, 0.25) is 5.91 Å². The van der Waals surface area contributed by atoms with Crippen molar-refractivity contribution in [3.05, 3.63) is 59.3 Å². The molecule has 12 nitrogen and oxygen atoms in total. The topological polar surface area (TPSA) is 114 Å². The smallest absolute Gasteiger partial charge is 0.387 e. The first kappa shape index (κ1) is 33.4.